The number of ether oxygens (including phenoxy) is 1. The van der Waals surface area contributed by atoms with Gasteiger partial charge in [0.25, 0.3) is 0 Å². The molecule has 94 valence electrons. The zero-order valence-electron chi connectivity index (χ0n) is 10.9. The Kier molecular flexibility index (Phi) is 4.40. The lowest BCUT2D eigenvalue weighted by Crippen LogP contribution is -2.43. The van der Waals surface area contributed by atoms with E-state index >= 15 is 0 Å². The Morgan fingerprint density at radius 3 is 2.53 bits per heavy atom. The zero-order chi connectivity index (χ0) is 12.1. The fourth-order valence-electron chi connectivity index (χ4n) is 2.18. The van der Waals surface area contributed by atoms with Crippen LogP contribution in [0.25, 0.3) is 0 Å². The van der Waals surface area contributed by atoms with E-state index in [9.17, 15) is 0 Å². The van der Waals surface area contributed by atoms with Gasteiger partial charge in [-0.25, -0.2) is 0 Å². The van der Waals surface area contributed by atoms with Gasteiger partial charge in [-0.2, -0.15) is 0 Å². The molecule has 0 saturated carbocycles. The first kappa shape index (κ1) is 12.4. The predicted octanol–water partition coefficient (Wildman–Crippen LogP) is 1.83. The SMILES string of the molecule is CCOc1ccccc1CN1CCN(C)CC1. The van der Waals surface area contributed by atoms with E-state index in [0.29, 0.717) is 0 Å². The maximum Gasteiger partial charge on any atom is 0.123 e. The van der Waals surface area contributed by atoms with E-state index in [1.807, 2.05) is 13.0 Å². The number of benzene rings is 1. The van der Waals surface area contributed by atoms with Gasteiger partial charge in [-0.3, -0.25) is 4.90 Å². The number of hydrogen-bond acceptors (Lipinski definition) is 3. The molecule has 1 saturated heterocycles. The Balaban J connectivity index is 1.98. The Bertz CT molecular complexity index is 346. The normalized spacial score (nSPS) is 18.2. The van der Waals surface area contributed by atoms with Crippen LogP contribution >= 0.6 is 0 Å². The number of rotatable bonds is 4. The van der Waals surface area contributed by atoms with Crippen LogP contribution in [0.4, 0.5) is 0 Å². The monoisotopic (exact) mass is 234 g/mol. The third-order valence-corrected chi connectivity index (χ3v) is 3.26. The van der Waals surface area contributed by atoms with Crippen LogP contribution in [-0.4, -0.2) is 49.6 Å². The predicted molar refractivity (Wildman–Crippen MR) is 70.4 cm³/mol. The van der Waals surface area contributed by atoms with Gasteiger partial charge in [0.1, 0.15) is 5.75 Å². The number of para-hydroxylation sites is 1. The Morgan fingerprint density at radius 2 is 1.82 bits per heavy atom. The van der Waals surface area contributed by atoms with Crippen LogP contribution < -0.4 is 4.74 Å². The molecule has 1 heterocycles. The topological polar surface area (TPSA) is 15.7 Å². The average Bonchev–Trinajstić information content (AvgIpc) is 2.35. The molecule has 1 fully saturated rings. The first-order valence-electron chi connectivity index (χ1n) is 6.41. The van der Waals surface area contributed by atoms with Gasteiger partial charge >= 0.3 is 0 Å². The molecule has 1 aromatic rings. The fraction of sp³-hybridized carbons (Fsp3) is 0.571. The number of likely N-dealkylation sites (N-methyl/N-ethyl adjacent to an activating group) is 1. The van der Waals surface area contributed by atoms with Crippen LogP contribution in [0.1, 0.15) is 12.5 Å². The highest BCUT2D eigenvalue weighted by atomic mass is 16.5. The van der Waals surface area contributed by atoms with Crippen molar-refractivity contribution in [3.63, 3.8) is 0 Å². The molecule has 3 nitrogen and oxygen atoms in total. The number of piperazine rings is 1. The first-order valence-corrected chi connectivity index (χ1v) is 6.41. The van der Waals surface area contributed by atoms with Gasteiger partial charge in [0.05, 0.1) is 6.61 Å². The summed E-state index contributed by atoms with van der Waals surface area (Å²) in [6.07, 6.45) is 0. The molecule has 0 aromatic heterocycles. The van der Waals surface area contributed by atoms with Crippen molar-refractivity contribution < 1.29 is 4.74 Å². The highest BCUT2D eigenvalue weighted by molar-refractivity contribution is 5.33. The first-order chi connectivity index (χ1) is 8.29. The molecule has 0 amide bonds. The second-order valence-electron chi connectivity index (χ2n) is 4.62. The largest absolute Gasteiger partial charge is 0.494 e. The molecule has 1 aliphatic rings. The molecule has 2 rings (SSSR count). The lowest BCUT2D eigenvalue weighted by Gasteiger charge is -2.32. The van der Waals surface area contributed by atoms with Crippen LogP contribution in [0.2, 0.25) is 0 Å². The molecular formula is C14H22N2O. The van der Waals surface area contributed by atoms with E-state index in [1.165, 1.54) is 5.56 Å². The van der Waals surface area contributed by atoms with Crippen molar-refractivity contribution in [1.82, 2.24) is 9.80 Å². The highest BCUT2D eigenvalue weighted by Crippen LogP contribution is 2.20. The third kappa shape index (κ3) is 3.45. The van der Waals surface area contributed by atoms with Crippen molar-refractivity contribution in [2.24, 2.45) is 0 Å². The van der Waals surface area contributed by atoms with Crippen molar-refractivity contribution in [1.29, 1.82) is 0 Å². The van der Waals surface area contributed by atoms with Crippen LogP contribution in [0.15, 0.2) is 24.3 Å². The van der Waals surface area contributed by atoms with E-state index in [-0.39, 0.29) is 0 Å². The van der Waals surface area contributed by atoms with Gasteiger partial charge in [0.2, 0.25) is 0 Å². The summed E-state index contributed by atoms with van der Waals surface area (Å²) in [5.74, 6) is 1.04. The summed E-state index contributed by atoms with van der Waals surface area (Å²) >= 11 is 0. The molecule has 1 aromatic carbocycles. The Labute approximate surface area is 104 Å². The van der Waals surface area contributed by atoms with Gasteiger partial charge in [-0.15, -0.1) is 0 Å². The zero-order valence-corrected chi connectivity index (χ0v) is 10.9. The fourth-order valence-corrected chi connectivity index (χ4v) is 2.18. The van der Waals surface area contributed by atoms with Crippen LogP contribution in [0.3, 0.4) is 0 Å². The van der Waals surface area contributed by atoms with Gasteiger partial charge in [0.15, 0.2) is 0 Å². The molecule has 0 radical (unpaired) electrons. The Hall–Kier alpha value is -1.06. The lowest BCUT2D eigenvalue weighted by molar-refractivity contribution is 0.146. The molecule has 1 aliphatic heterocycles. The van der Waals surface area contributed by atoms with E-state index < -0.39 is 0 Å². The van der Waals surface area contributed by atoms with Crippen LogP contribution in [0, 0.1) is 0 Å². The summed E-state index contributed by atoms with van der Waals surface area (Å²) in [5.41, 5.74) is 1.30. The molecule has 0 N–H and O–H groups in total. The van der Waals surface area contributed by atoms with E-state index in [0.717, 1.165) is 45.1 Å². The molecule has 0 aliphatic carbocycles. The summed E-state index contributed by atoms with van der Waals surface area (Å²) in [5, 5.41) is 0. The maximum absolute atomic E-state index is 5.66. The summed E-state index contributed by atoms with van der Waals surface area (Å²) in [7, 11) is 2.19. The van der Waals surface area contributed by atoms with Crippen molar-refractivity contribution in [2.75, 3.05) is 39.8 Å². The molecule has 17 heavy (non-hydrogen) atoms. The molecule has 0 spiro atoms. The minimum Gasteiger partial charge on any atom is -0.494 e. The maximum atomic E-state index is 5.66. The van der Waals surface area contributed by atoms with Gasteiger partial charge < -0.3 is 9.64 Å². The third-order valence-electron chi connectivity index (χ3n) is 3.26. The molecular weight excluding hydrogens is 212 g/mol. The van der Waals surface area contributed by atoms with Crippen LogP contribution in [0.5, 0.6) is 5.75 Å². The van der Waals surface area contributed by atoms with Gasteiger partial charge in [-0.1, -0.05) is 18.2 Å². The van der Waals surface area contributed by atoms with Crippen molar-refractivity contribution >= 4 is 0 Å². The minimum absolute atomic E-state index is 0.736. The smallest absolute Gasteiger partial charge is 0.123 e. The summed E-state index contributed by atoms with van der Waals surface area (Å²) < 4.78 is 5.66. The van der Waals surface area contributed by atoms with Crippen molar-refractivity contribution in [3.8, 4) is 5.75 Å². The Morgan fingerprint density at radius 1 is 1.12 bits per heavy atom. The standard InChI is InChI=1S/C14H22N2O/c1-3-17-14-7-5-4-6-13(14)12-16-10-8-15(2)9-11-16/h4-7H,3,8-12H2,1-2H3. The van der Waals surface area contributed by atoms with Crippen molar-refractivity contribution in [3.05, 3.63) is 29.8 Å². The number of nitrogens with zero attached hydrogens (tertiary/aromatic N) is 2. The van der Waals surface area contributed by atoms with E-state index in [2.05, 4.69) is 35.0 Å². The van der Waals surface area contributed by atoms with E-state index in [4.69, 9.17) is 4.74 Å². The van der Waals surface area contributed by atoms with Crippen molar-refractivity contribution in [2.45, 2.75) is 13.5 Å². The molecule has 0 unspecified atom stereocenters. The lowest BCUT2D eigenvalue weighted by atomic mass is 10.1. The number of hydrogen-bond donors (Lipinski definition) is 0. The minimum atomic E-state index is 0.736. The molecule has 3 heteroatoms. The van der Waals surface area contributed by atoms with Gasteiger partial charge in [-0.05, 0) is 20.0 Å². The molecule has 0 bridgehead atoms. The van der Waals surface area contributed by atoms with E-state index in [1.54, 1.807) is 0 Å². The summed E-state index contributed by atoms with van der Waals surface area (Å²) in [4.78, 5) is 4.88. The summed E-state index contributed by atoms with van der Waals surface area (Å²) in [6, 6.07) is 8.37. The molecule has 0 atom stereocenters. The second kappa shape index (κ2) is 6.03. The quantitative estimate of drug-likeness (QED) is 0.790. The average molecular weight is 234 g/mol. The van der Waals surface area contributed by atoms with Crippen LogP contribution in [-0.2, 0) is 6.54 Å². The highest BCUT2D eigenvalue weighted by Gasteiger charge is 2.15. The second-order valence-corrected chi connectivity index (χ2v) is 4.62. The van der Waals surface area contributed by atoms with Gasteiger partial charge in [0, 0.05) is 38.3 Å². The summed E-state index contributed by atoms with van der Waals surface area (Å²) in [6.45, 7) is 8.40.